The Kier molecular flexibility index (Phi) is 10.3. The molecule has 4 radical (unpaired) electrons. The summed E-state index contributed by atoms with van der Waals surface area (Å²) < 4.78 is 0. The maximum atomic E-state index is 3.29. The van der Waals surface area contributed by atoms with E-state index in [1.54, 1.807) is 0 Å². The average Bonchev–Trinajstić information content (AvgIpc) is 2.93. The Balaban J connectivity index is 0.000000133. The third kappa shape index (κ3) is 7.09. The second kappa shape index (κ2) is 14.1. The second-order valence-corrected chi connectivity index (χ2v) is 8.94. The van der Waals surface area contributed by atoms with E-state index in [1.807, 2.05) is 12.1 Å². The van der Waals surface area contributed by atoms with Gasteiger partial charge in [0.2, 0.25) is 0 Å². The fourth-order valence-electron chi connectivity index (χ4n) is 4.59. The zero-order chi connectivity index (χ0) is 24.4. The van der Waals surface area contributed by atoms with Crippen LogP contribution in [0.1, 0.15) is 25.7 Å². The summed E-state index contributed by atoms with van der Waals surface area (Å²) >= 11 is 0. The monoisotopic (exact) mass is 657 g/mol. The van der Waals surface area contributed by atoms with E-state index >= 15 is 0 Å². The number of hydrogen-bond donors (Lipinski definition) is 0. The Morgan fingerprint density at radius 3 is 1.11 bits per heavy atom. The normalized spacial score (nSPS) is 13.4. The summed E-state index contributed by atoms with van der Waals surface area (Å²) in [5.41, 5.74) is 0. The fraction of sp³-hybridized carbons (Fsp3) is 0.111. The maximum Gasteiger partial charge on any atom is 2.00 e. The fourth-order valence-corrected chi connectivity index (χ4v) is 4.59. The van der Waals surface area contributed by atoms with Gasteiger partial charge in [-0.2, -0.15) is 0 Å². The molecule has 6 aromatic carbocycles. The molecule has 184 valence electrons. The number of hydrogen-bond acceptors (Lipinski definition) is 0. The van der Waals surface area contributed by atoms with Gasteiger partial charge >= 0.3 is 21.1 Å². The SMILES string of the molecule is [CH]1[CH]CC[CH][CH]CC1.[Pt+2].[c-]1cc2ccccc2c2ccccc12.[c-]1cc2ccccc2c2ccccc12. The summed E-state index contributed by atoms with van der Waals surface area (Å²) in [6.45, 7) is 0. The molecule has 37 heavy (non-hydrogen) atoms. The first-order valence-electron chi connectivity index (χ1n) is 12.8. The van der Waals surface area contributed by atoms with E-state index in [0.717, 1.165) is 0 Å². The molecule has 0 aliphatic heterocycles. The van der Waals surface area contributed by atoms with Crippen molar-refractivity contribution < 1.29 is 21.1 Å². The summed E-state index contributed by atoms with van der Waals surface area (Å²) in [4.78, 5) is 0. The van der Waals surface area contributed by atoms with Crippen molar-refractivity contribution in [2.75, 3.05) is 0 Å². The predicted octanol–water partition coefficient (Wildman–Crippen LogP) is 9.96. The van der Waals surface area contributed by atoms with Gasteiger partial charge in [0.15, 0.2) is 0 Å². The average molecular weight is 658 g/mol. The third-order valence-electron chi connectivity index (χ3n) is 6.46. The van der Waals surface area contributed by atoms with Crippen LogP contribution in [0.4, 0.5) is 0 Å². The molecule has 7 rings (SSSR count). The van der Waals surface area contributed by atoms with Gasteiger partial charge in [-0.1, -0.05) is 94.3 Å². The zero-order valence-corrected chi connectivity index (χ0v) is 23.1. The van der Waals surface area contributed by atoms with Gasteiger partial charge in [0.1, 0.15) is 0 Å². The van der Waals surface area contributed by atoms with Crippen LogP contribution < -0.4 is 0 Å². The quantitative estimate of drug-likeness (QED) is 0.113. The van der Waals surface area contributed by atoms with Crippen molar-refractivity contribution in [1.29, 1.82) is 0 Å². The summed E-state index contributed by atoms with van der Waals surface area (Å²) in [5, 5.41) is 10.1. The minimum Gasteiger partial charge on any atom is -0.143 e. The van der Waals surface area contributed by atoms with Crippen molar-refractivity contribution in [1.82, 2.24) is 0 Å². The predicted molar refractivity (Wildman–Crippen MR) is 156 cm³/mol. The van der Waals surface area contributed by atoms with Gasteiger partial charge in [0.05, 0.1) is 0 Å². The van der Waals surface area contributed by atoms with Gasteiger partial charge in [0.25, 0.3) is 0 Å². The van der Waals surface area contributed by atoms with Crippen molar-refractivity contribution >= 4 is 43.1 Å². The summed E-state index contributed by atoms with van der Waals surface area (Å²) in [6.07, 6.45) is 14.0. The molecule has 0 amide bonds. The standard InChI is InChI=1S/2C14H9.C8H12.Pt/c2*1-3-7-13-11(5-1)9-10-12-6-2-4-8-14(12)13;1-2-4-6-8-7-5-3-1;/h2*1-9H;1-2,7-8H,3-6H2;/q2*-1;;+2. The molecule has 0 N–H and O–H groups in total. The molecule has 1 aliphatic carbocycles. The summed E-state index contributed by atoms with van der Waals surface area (Å²) in [6, 6.07) is 44.3. The van der Waals surface area contributed by atoms with Crippen LogP contribution in [0, 0.1) is 37.8 Å². The van der Waals surface area contributed by atoms with E-state index < -0.39 is 0 Å². The van der Waals surface area contributed by atoms with Crippen molar-refractivity contribution in [2.24, 2.45) is 0 Å². The molecule has 1 heteroatoms. The largest absolute Gasteiger partial charge is 2.00 e. The molecule has 1 fully saturated rings. The second-order valence-electron chi connectivity index (χ2n) is 8.94. The molecular formula is C36H30Pt. The summed E-state index contributed by atoms with van der Waals surface area (Å²) in [7, 11) is 0. The van der Waals surface area contributed by atoms with Crippen molar-refractivity contribution in [3.63, 3.8) is 0 Å². The topological polar surface area (TPSA) is 0 Å². The summed E-state index contributed by atoms with van der Waals surface area (Å²) in [5.74, 6) is 0. The van der Waals surface area contributed by atoms with Crippen molar-refractivity contribution in [2.45, 2.75) is 25.7 Å². The molecule has 0 nitrogen and oxygen atoms in total. The number of benzene rings is 6. The Morgan fingerprint density at radius 2 is 0.703 bits per heavy atom. The molecule has 0 bridgehead atoms. The molecule has 0 spiro atoms. The van der Waals surface area contributed by atoms with Crippen LogP contribution in [0.2, 0.25) is 0 Å². The van der Waals surface area contributed by atoms with E-state index in [9.17, 15) is 0 Å². The van der Waals surface area contributed by atoms with Crippen LogP contribution in [0.15, 0.2) is 109 Å². The Hall–Kier alpha value is -2.95. The minimum absolute atomic E-state index is 0. The van der Waals surface area contributed by atoms with Crippen LogP contribution in [0.5, 0.6) is 0 Å². The van der Waals surface area contributed by atoms with Gasteiger partial charge in [-0.15, -0.1) is 70.1 Å². The van der Waals surface area contributed by atoms with E-state index in [0.29, 0.717) is 0 Å². The van der Waals surface area contributed by atoms with Gasteiger partial charge in [0, 0.05) is 0 Å². The van der Waals surface area contributed by atoms with Gasteiger partial charge in [-0.25, -0.2) is 0 Å². The molecule has 0 unspecified atom stereocenters. The molecular weight excluding hydrogens is 627 g/mol. The van der Waals surface area contributed by atoms with Gasteiger partial charge in [-0.05, 0) is 51.4 Å². The molecule has 1 aliphatic rings. The minimum atomic E-state index is 0. The Labute approximate surface area is 236 Å². The van der Waals surface area contributed by atoms with Gasteiger partial charge < -0.3 is 0 Å². The first-order chi connectivity index (χ1) is 17.9. The molecule has 0 saturated heterocycles. The third-order valence-corrected chi connectivity index (χ3v) is 6.46. The van der Waals surface area contributed by atoms with Crippen LogP contribution >= 0.6 is 0 Å². The van der Waals surface area contributed by atoms with E-state index in [1.165, 1.54) is 68.8 Å². The molecule has 0 atom stereocenters. The Morgan fingerprint density at radius 1 is 0.378 bits per heavy atom. The van der Waals surface area contributed by atoms with Crippen molar-refractivity contribution in [3.05, 3.63) is 147 Å². The van der Waals surface area contributed by atoms with Crippen LogP contribution in [0.3, 0.4) is 0 Å². The first-order valence-corrected chi connectivity index (χ1v) is 12.8. The van der Waals surface area contributed by atoms with E-state index in [2.05, 4.69) is 135 Å². The first kappa shape index (κ1) is 27.1. The zero-order valence-electron chi connectivity index (χ0n) is 20.8. The van der Waals surface area contributed by atoms with E-state index in [-0.39, 0.29) is 21.1 Å². The maximum absolute atomic E-state index is 3.29. The number of rotatable bonds is 0. The molecule has 1 saturated carbocycles. The smallest absolute Gasteiger partial charge is 0.143 e. The molecule has 6 aromatic rings. The Bertz CT molecular complexity index is 1300. The van der Waals surface area contributed by atoms with E-state index in [4.69, 9.17) is 0 Å². The molecule has 0 heterocycles. The van der Waals surface area contributed by atoms with Crippen LogP contribution in [-0.4, -0.2) is 0 Å². The number of fused-ring (bicyclic) bond motifs is 6. The van der Waals surface area contributed by atoms with Crippen LogP contribution in [0.25, 0.3) is 43.1 Å². The van der Waals surface area contributed by atoms with Crippen molar-refractivity contribution in [3.8, 4) is 0 Å². The molecule has 0 aromatic heterocycles. The van der Waals surface area contributed by atoms with Gasteiger partial charge in [-0.3, -0.25) is 0 Å². The van der Waals surface area contributed by atoms with Crippen LogP contribution in [-0.2, 0) is 21.1 Å².